The van der Waals surface area contributed by atoms with Crippen LogP contribution in [0, 0.1) is 0 Å². The van der Waals surface area contributed by atoms with Gasteiger partial charge in [0, 0.05) is 0 Å². The number of ether oxygens (including phenoxy) is 1. The first-order chi connectivity index (χ1) is 5.37. The highest BCUT2D eigenvalue weighted by molar-refractivity contribution is 5.06. The van der Waals surface area contributed by atoms with E-state index in [9.17, 15) is 0 Å². The summed E-state index contributed by atoms with van der Waals surface area (Å²) in [6, 6.07) is 0. The van der Waals surface area contributed by atoms with Crippen LogP contribution in [-0.2, 0) is 4.74 Å². The van der Waals surface area contributed by atoms with Crippen LogP contribution in [0.15, 0.2) is 12.7 Å². The van der Waals surface area contributed by atoms with Gasteiger partial charge in [-0.1, -0.05) is 25.3 Å². The zero-order chi connectivity index (χ0) is 7.73. The molecule has 1 aliphatic carbocycles. The summed E-state index contributed by atoms with van der Waals surface area (Å²) in [6.07, 6.45) is 10.3. The van der Waals surface area contributed by atoms with Gasteiger partial charge in [-0.2, -0.15) is 0 Å². The van der Waals surface area contributed by atoms with Crippen molar-refractivity contribution in [2.75, 3.05) is 0 Å². The summed E-state index contributed by atoms with van der Waals surface area (Å²) >= 11 is 0. The topological polar surface area (TPSA) is 12.5 Å². The summed E-state index contributed by atoms with van der Waals surface area (Å²) in [7, 11) is 0. The molecule has 2 atom stereocenters. The lowest BCUT2D eigenvalue weighted by Gasteiger charge is -2.06. The third-order valence-electron chi connectivity index (χ3n) is 2.96. The Kier molecular flexibility index (Phi) is 1.76. The van der Waals surface area contributed by atoms with Crippen molar-refractivity contribution in [3.63, 3.8) is 0 Å². The first-order valence-corrected chi connectivity index (χ1v) is 4.66. The second kappa shape index (κ2) is 2.63. The maximum absolute atomic E-state index is 5.71. The van der Waals surface area contributed by atoms with Gasteiger partial charge in [-0.15, -0.1) is 6.58 Å². The fraction of sp³-hybridized carbons (Fsp3) is 0.800. The molecule has 1 heterocycles. The fourth-order valence-corrected chi connectivity index (χ4v) is 2.25. The Morgan fingerprint density at radius 1 is 1.45 bits per heavy atom. The number of rotatable bonds is 2. The van der Waals surface area contributed by atoms with E-state index in [0.29, 0.717) is 6.10 Å². The van der Waals surface area contributed by atoms with E-state index < -0.39 is 0 Å². The molecule has 2 aliphatic rings. The number of fused-ring (bicyclic) bond motifs is 1. The molecule has 11 heavy (non-hydrogen) atoms. The van der Waals surface area contributed by atoms with Crippen LogP contribution in [0.5, 0.6) is 0 Å². The van der Waals surface area contributed by atoms with E-state index in [-0.39, 0.29) is 5.60 Å². The lowest BCUT2D eigenvalue weighted by atomic mass is 9.96. The monoisotopic (exact) mass is 152 g/mol. The second-order valence-electron chi connectivity index (χ2n) is 3.76. The van der Waals surface area contributed by atoms with Crippen molar-refractivity contribution < 1.29 is 4.74 Å². The Morgan fingerprint density at radius 3 is 3.18 bits per heavy atom. The summed E-state index contributed by atoms with van der Waals surface area (Å²) in [6.45, 7) is 3.78. The Balaban J connectivity index is 1.98. The van der Waals surface area contributed by atoms with Gasteiger partial charge in [-0.3, -0.25) is 0 Å². The second-order valence-corrected chi connectivity index (χ2v) is 3.76. The highest BCUT2D eigenvalue weighted by Crippen LogP contribution is 2.48. The van der Waals surface area contributed by atoms with Crippen molar-refractivity contribution in [2.45, 2.75) is 50.2 Å². The van der Waals surface area contributed by atoms with Gasteiger partial charge in [-0.25, -0.2) is 0 Å². The van der Waals surface area contributed by atoms with Gasteiger partial charge < -0.3 is 4.74 Å². The van der Waals surface area contributed by atoms with Gasteiger partial charge >= 0.3 is 0 Å². The minimum Gasteiger partial charge on any atom is -0.366 e. The molecule has 0 radical (unpaired) electrons. The third-order valence-corrected chi connectivity index (χ3v) is 2.96. The van der Waals surface area contributed by atoms with Crippen LogP contribution in [0.2, 0.25) is 0 Å². The van der Waals surface area contributed by atoms with E-state index in [4.69, 9.17) is 4.74 Å². The SMILES string of the molecule is C=CCC12CCCCCC1O2. The smallest absolute Gasteiger partial charge is 0.0982 e. The Morgan fingerprint density at radius 2 is 2.36 bits per heavy atom. The average molecular weight is 152 g/mol. The molecule has 0 N–H and O–H groups in total. The van der Waals surface area contributed by atoms with Crippen LogP contribution in [-0.4, -0.2) is 11.7 Å². The molecule has 0 aromatic heterocycles. The summed E-state index contributed by atoms with van der Waals surface area (Å²) in [5.41, 5.74) is 0.262. The molecule has 1 heteroatoms. The molecule has 1 saturated heterocycles. The lowest BCUT2D eigenvalue weighted by Crippen LogP contribution is -2.12. The minimum absolute atomic E-state index is 0.262. The van der Waals surface area contributed by atoms with Crippen LogP contribution < -0.4 is 0 Å². The minimum atomic E-state index is 0.262. The van der Waals surface area contributed by atoms with Crippen LogP contribution in [0.4, 0.5) is 0 Å². The standard InChI is InChI=1S/C10H16O/c1-2-7-10-8-5-3-4-6-9(10)11-10/h2,9H,1,3-8H2. The number of hydrogen-bond acceptors (Lipinski definition) is 1. The predicted molar refractivity (Wildman–Crippen MR) is 45.5 cm³/mol. The normalized spacial score (nSPS) is 42.4. The first kappa shape index (κ1) is 7.35. The first-order valence-electron chi connectivity index (χ1n) is 4.66. The van der Waals surface area contributed by atoms with E-state index in [0.717, 1.165) is 6.42 Å². The zero-order valence-corrected chi connectivity index (χ0v) is 7.01. The molecular formula is C10H16O. The van der Waals surface area contributed by atoms with E-state index in [1.165, 1.54) is 32.1 Å². The molecule has 62 valence electrons. The van der Waals surface area contributed by atoms with Crippen LogP contribution in [0.1, 0.15) is 38.5 Å². The van der Waals surface area contributed by atoms with Gasteiger partial charge in [0.25, 0.3) is 0 Å². The Labute approximate surface area is 68.4 Å². The maximum atomic E-state index is 5.71. The van der Waals surface area contributed by atoms with Gasteiger partial charge in [0.1, 0.15) is 0 Å². The summed E-state index contributed by atoms with van der Waals surface area (Å²) in [5.74, 6) is 0. The Bertz CT molecular complexity index is 164. The quantitative estimate of drug-likeness (QED) is 0.438. The van der Waals surface area contributed by atoms with Crippen molar-refractivity contribution in [1.29, 1.82) is 0 Å². The van der Waals surface area contributed by atoms with E-state index in [1.54, 1.807) is 0 Å². The fourth-order valence-electron chi connectivity index (χ4n) is 2.25. The Hall–Kier alpha value is -0.300. The summed E-state index contributed by atoms with van der Waals surface area (Å²) in [4.78, 5) is 0. The number of epoxide rings is 1. The van der Waals surface area contributed by atoms with Crippen molar-refractivity contribution in [1.82, 2.24) is 0 Å². The van der Waals surface area contributed by atoms with Crippen molar-refractivity contribution >= 4 is 0 Å². The summed E-state index contributed by atoms with van der Waals surface area (Å²) in [5, 5.41) is 0. The highest BCUT2D eigenvalue weighted by atomic mass is 16.6. The zero-order valence-electron chi connectivity index (χ0n) is 7.01. The molecule has 0 aromatic carbocycles. The van der Waals surface area contributed by atoms with Gasteiger partial charge in [0.05, 0.1) is 11.7 Å². The lowest BCUT2D eigenvalue weighted by molar-refractivity contribution is 0.264. The van der Waals surface area contributed by atoms with Gasteiger partial charge in [0.2, 0.25) is 0 Å². The van der Waals surface area contributed by atoms with Crippen LogP contribution in [0.25, 0.3) is 0 Å². The molecule has 0 bridgehead atoms. The molecular weight excluding hydrogens is 136 g/mol. The van der Waals surface area contributed by atoms with Crippen LogP contribution in [0.3, 0.4) is 0 Å². The molecule has 0 aromatic rings. The molecule has 2 fully saturated rings. The van der Waals surface area contributed by atoms with Gasteiger partial charge in [-0.05, 0) is 19.3 Å². The van der Waals surface area contributed by atoms with Gasteiger partial charge in [0.15, 0.2) is 0 Å². The predicted octanol–water partition coefficient (Wildman–Crippen LogP) is 2.66. The molecule has 1 nitrogen and oxygen atoms in total. The molecule has 0 spiro atoms. The van der Waals surface area contributed by atoms with Crippen molar-refractivity contribution in [3.8, 4) is 0 Å². The van der Waals surface area contributed by atoms with Crippen molar-refractivity contribution in [3.05, 3.63) is 12.7 Å². The molecule has 1 saturated carbocycles. The largest absolute Gasteiger partial charge is 0.366 e. The maximum Gasteiger partial charge on any atom is 0.0982 e. The van der Waals surface area contributed by atoms with Crippen molar-refractivity contribution in [2.24, 2.45) is 0 Å². The van der Waals surface area contributed by atoms with E-state index >= 15 is 0 Å². The van der Waals surface area contributed by atoms with Crippen LogP contribution >= 0.6 is 0 Å². The van der Waals surface area contributed by atoms with E-state index in [2.05, 4.69) is 6.58 Å². The molecule has 2 rings (SSSR count). The number of hydrogen-bond donors (Lipinski definition) is 0. The summed E-state index contributed by atoms with van der Waals surface area (Å²) < 4.78 is 5.71. The average Bonchev–Trinajstić information content (AvgIpc) is 2.62. The molecule has 1 aliphatic heterocycles. The third kappa shape index (κ3) is 1.22. The highest BCUT2D eigenvalue weighted by Gasteiger charge is 2.54. The van der Waals surface area contributed by atoms with E-state index in [1.807, 2.05) is 6.08 Å². The molecule has 2 unspecified atom stereocenters. The molecule has 0 amide bonds.